The lowest BCUT2D eigenvalue weighted by Gasteiger charge is -2.10. The Kier molecular flexibility index (Phi) is 5.72. The fourth-order valence-electron chi connectivity index (χ4n) is 1.95. The summed E-state index contributed by atoms with van der Waals surface area (Å²) in [6, 6.07) is 14.2. The van der Waals surface area contributed by atoms with Crippen LogP contribution in [0.1, 0.15) is 18.1 Å². The summed E-state index contributed by atoms with van der Waals surface area (Å²) < 4.78 is 19.1. The number of ether oxygens (including phenoxy) is 1. The van der Waals surface area contributed by atoms with Crippen LogP contribution in [0.4, 0.5) is 4.39 Å². The summed E-state index contributed by atoms with van der Waals surface area (Å²) in [4.78, 5) is 0. The molecule has 0 radical (unpaired) electrons. The molecule has 2 rings (SSSR count). The topological polar surface area (TPSA) is 41.5 Å². The minimum atomic E-state index is -0.370. The van der Waals surface area contributed by atoms with Crippen molar-refractivity contribution >= 4 is 0 Å². The minimum Gasteiger partial charge on any atom is -0.489 e. The van der Waals surface area contributed by atoms with Crippen LogP contribution in [0.5, 0.6) is 5.75 Å². The van der Waals surface area contributed by atoms with Gasteiger partial charge in [0.15, 0.2) is 0 Å². The summed E-state index contributed by atoms with van der Waals surface area (Å²) >= 11 is 0. The number of rotatable bonds is 7. The van der Waals surface area contributed by atoms with Crippen LogP contribution in [-0.4, -0.2) is 17.8 Å². The predicted molar refractivity (Wildman–Crippen MR) is 80.6 cm³/mol. The lowest BCUT2D eigenvalue weighted by atomic mass is 10.2. The van der Waals surface area contributed by atoms with Crippen LogP contribution >= 0.6 is 0 Å². The predicted octanol–water partition coefficient (Wildman–Crippen LogP) is 2.88. The van der Waals surface area contributed by atoms with Gasteiger partial charge in [-0.25, -0.2) is 4.39 Å². The van der Waals surface area contributed by atoms with Crippen LogP contribution in [0, 0.1) is 5.82 Å². The lowest BCUT2D eigenvalue weighted by molar-refractivity contribution is 0.191. The van der Waals surface area contributed by atoms with E-state index in [1.165, 1.54) is 6.07 Å². The summed E-state index contributed by atoms with van der Waals surface area (Å²) in [7, 11) is 0. The average molecular weight is 289 g/mol. The van der Waals surface area contributed by atoms with Gasteiger partial charge in [0.2, 0.25) is 0 Å². The summed E-state index contributed by atoms with van der Waals surface area (Å²) in [5.74, 6) is 0.446. The number of aliphatic hydroxyl groups is 1. The molecular formula is C17H20FNO2. The second kappa shape index (κ2) is 7.76. The molecule has 2 N–H and O–H groups in total. The highest BCUT2D eigenvalue weighted by molar-refractivity contribution is 5.29. The van der Waals surface area contributed by atoms with Gasteiger partial charge in [0.1, 0.15) is 18.2 Å². The van der Waals surface area contributed by atoms with Crippen molar-refractivity contribution in [2.24, 2.45) is 0 Å². The van der Waals surface area contributed by atoms with E-state index in [2.05, 4.69) is 5.32 Å². The molecule has 3 nitrogen and oxygen atoms in total. The molecule has 0 aliphatic carbocycles. The molecule has 0 heterocycles. The van der Waals surface area contributed by atoms with Crippen LogP contribution in [0.2, 0.25) is 0 Å². The van der Waals surface area contributed by atoms with E-state index >= 15 is 0 Å². The zero-order chi connectivity index (χ0) is 15.1. The third-order valence-electron chi connectivity index (χ3n) is 3.02. The lowest BCUT2D eigenvalue weighted by Crippen LogP contribution is -2.23. The molecule has 0 aliphatic rings. The zero-order valence-electron chi connectivity index (χ0n) is 12.1. The maximum Gasteiger partial charge on any atom is 0.129 e. The molecule has 2 aromatic rings. The first-order valence-electron chi connectivity index (χ1n) is 6.99. The molecule has 0 unspecified atom stereocenters. The van der Waals surface area contributed by atoms with Gasteiger partial charge in [0, 0.05) is 18.7 Å². The van der Waals surface area contributed by atoms with E-state index in [1.807, 2.05) is 24.3 Å². The van der Waals surface area contributed by atoms with Crippen molar-refractivity contribution in [2.75, 3.05) is 6.54 Å². The molecule has 0 saturated heterocycles. The Labute approximate surface area is 124 Å². The van der Waals surface area contributed by atoms with E-state index in [4.69, 9.17) is 4.74 Å². The molecule has 0 aliphatic heterocycles. The Morgan fingerprint density at radius 2 is 2.00 bits per heavy atom. The van der Waals surface area contributed by atoms with Crippen LogP contribution < -0.4 is 10.1 Å². The van der Waals surface area contributed by atoms with Crippen LogP contribution in [0.25, 0.3) is 0 Å². The second-order valence-electron chi connectivity index (χ2n) is 5.01. The molecule has 2 aromatic carbocycles. The molecule has 4 heteroatoms. The third kappa shape index (κ3) is 5.17. The van der Waals surface area contributed by atoms with Crippen molar-refractivity contribution in [3.8, 4) is 5.75 Å². The maximum absolute atomic E-state index is 13.5. The molecule has 0 fully saturated rings. The van der Waals surface area contributed by atoms with Gasteiger partial charge in [-0.15, -0.1) is 0 Å². The molecule has 0 bridgehead atoms. The van der Waals surface area contributed by atoms with Gasteiger partial charge in [0.25, 0.3) is 0 Å². The van der Waals surface area contributed by atoms with Gasteiger partial charge in [-0.1, -0.05) is 30.3 Å². The SMILES string of the molecule is C[C@H](O)CNCc1cccc(OCc2ccccc2F)c1. The Balaban J connectivity index is 1.90. The van der Waals surface area contributed by atoms with E-state index < -0.39 is 0 Å². The standard InChI is InChI=1S/C17H20FNO2/c1-13(20)10-19-11-14-5-4-7-16(9-14)21-12-15-6-2-3-8-17(15)18/h2-9,13,19-20H,10-12H2,1H3/t13-/m0/s1. The number of aliphatic hydroxyl groups excluding tert-OH is 1. The molecule has 0 aromatic heterocycles. The Bertz CT molecular complexity index is 572. The van der Waals surface area contributed by atoms with Gasteiger partial charge < -0.3 is 15.2 Å². The molecule has 0 amide bonds. The smallest absolute Gasteiger partial charge is 0.129 e. The molecule has 0 saturated carbocycles. The number of benzene rings is 2. The maximum atomic E-state index is 13.5. The summed E-state index contributed by atoms with van der Waals surface area (Å²) in [6.07, 6.45) is -0.370. The van der Waals surface area contributed by atoms with Crippen LogP contribution in [-0.2, 0) is 13.2 Å². The van der Waals surface area contributed by atoms with Gasteiger partial charge in [0.05, 0.1) is 6.10 Å². The highest BCUT2D eigenvalue weighted by atomic mass is 19.1. The van der Waals surface area contributed by atoms with Crippen molar-refractivity contribution in [1.82, 2.24) is 5.32 Å². The van der Waals surface area contributed by atoms with Gasteiger partial charge in [-0.05, 0) is 30.7 Å². The summed E-state index contributed by atoms with van der Waals surface area (Å²) in [6.45, 7) is 3.14. The Morgan fingerprint density at radius 3 is 2.76 bits per heavy atom. The molecule has 0 spiro atoms. The van der Waals surface area contributed by atoms with Crippen molar-refractivity contribution in [2.45, 2.75) is 26.2 Å². The van der Waals surface area contributed by atoms with Crippen LogP contribution in [0.3, 0.4) is 0 Å². The molecular weight excluding hydrogens is 269 g/mol. The molecule has 112 valence electrons. The number of halogens is 1. The summed E-state index contributed by atoms with van der Waals surface area (Å²) in [5, 5.41) is 12.3. The zero-order valence-corrected chi connectivity index (χ0v) is 12.1. The van der Waals surface area contributed by atoms with Crippen LogP contribution in [0.15, 0.2) is 48.5 Å². The van der Waals surface area contributed by atoms with Crippen molar-refractivity contribution in [1.29, 1.82) is 0 Å². The second-order valence-corrected chi connectivity index (χ2v) is 5.01. The average Bonchev–Trinajstić information content (AvgIpc) is 2.46. The first-order chi connectivity index (χ1) is 10.1. The summed E-state index contributed by atoms with van der Waals surface area (Å²) in [5.41, 5.74) is 1.59. The van der Waals surface area contributed by atoms with Gasteiger partial charge >= 0.3 is 0 Å². The highest BCUT2D eigenvalue weighted by Crippen LogP contribution is 2.16. The molecule has 21 heavy (non-hydrogen) atoms. The van der Waals surface area contributed by atoms with Crippen molar-refractivity contribution in [3.05, 3.63) is 65.5 Å². The normalized spacial score (nSPS) is 12.1. The van der Waals surface area contributed by atoms with E-state index in [0.717, 1.165) is 5.56 Å². The first-order valence-corrected chi connectivity index (χ1v) is 6.99. The number of hydrogen-bond acceptors (Lipinski definition) is 3. The Morgan fingerprint density at radius 1 is 1.19 bits per heavy atom. The van der Waals surface area contributed by atoms with E-state index in [0.29, 0.717) is 24.4 Å². The van der Waals surface area contributed by atoms with E-state index in [1.54, 1.807) is 25.1 Å². The minimum absolute atomic E-state index is 0.206. The van der Waals surface area contributed by atoms with E-state index in [-0.39, 0.29) is 18.5 Å². The third-order valence-corrected chi connectivity index (χ3v) is 3.02. The van der Waals surface area contributed by atoms with E-state index in [9.17, 15) is 9.50 Å². The number of hydrogen-bond donors (Lipinski definition) is 2. The van der Waals surface area contributed by atoms with Gasteiger partial charge in [-0.2, -0.15) is 0 Å². The number of nitrogens with one attached hydrogen (secondary N) is 1. The van der Waals surface area contributed by atoms with Crippen molar-refractivity contribution < 1.29 is 14.2 Å². The monoisotopic (exact) mass is 289 g/mol. The fraction of sp³-hybridized carbons (Fsp3) is 0.294. The fourth-order valence-corrected chi connectivity index (χ4v) is 1.95. The quantitative estimate of drug-likeness (QED) is 0.823. The molecule has 1 atom stereocenters. The van der Waals surface area contributed by atoms with Crippen molar-refractivity contribution in [3.63, 3.8) is 0 Å². The Hall–Kier alpha value is -1.91. The highest BCUT2D eigenvalue weighted by Gasteiger charge is 2.03. The van der Waals surface area contributed by atoms with Gasteiger partial charge in [-0.3, -0.25) is 0 Å². The largest absolute Gasteiger partial charge is 0.489 e. The first kappa shape index (κ1) is 15.5.